The van der Waals surface area contributed by atoms with Crippen molar-refractivity contribution in [2.24, 2.45) is 0 Å². The monoisotopic (exact) mass is 221 g/mol. The quantitative estimate of drug-likeness (QED) is 0.680. The number of anilines is 2. The lowest BCUT2D eigenvalue weighted by Crippen LogP contribution is -2.22. The minimum Gasteiger partial charge on any atom is -0.399 e. The number of benzene rings is 1. The van der Waals surface area contributed by atoms with Gasteiger partial charge < -0.3 is 16.4 Å². The van der Waals surface area contributed by atoms with Gasteiger partial charge in [-0.05, 0) is 31.5 Å². The Hall–Kier alpha value is -1.71. The maximum absolute atomic E-state index is 11.6. The highest BCUT2D eigenvalue weighted by Gasteiger charge is 2.11. The zero-order valence-electron chi connectivity index (χ0n) is 10.0. The van der Waals surface area contributed by atoms with Gasteiger partial charge in [0.15, 0.2) is 0 Å². The number of carbonyl (C=O) groups excluding carboxylic acids is 1. The van der Waals surface area contributed by atoms with E-state index in [1.807, 2.05) is 6.07 Å². The number of nitrogen functional groups attached to an aromatic ring is 1. The first kappa shape index (κ1) is 12.4. The van der Waals surface area contributed by atoms with Gasteiger partial charge in [-0.3, -0.25) is 4.79 Å². The lowest BCUT2D eigenvalue weighted by molar-refractivity contribution is 0.0964. The molecule has 0 unspecified atom stereocenters. The molecule has 1 atom stereocenters. The molecule has 4 N–H and O–H groups in total. The third-order valence-electron chi connectivity index (χ3n) is 2.53. The van der Waals surface area contributed by atoms with Crippen LogP contribution in [0.1, 0.15) is 30.6 Å². The molecular weight excluding hydrogens is 202 g/mol. The average molecular weight is 221 g/mol. The maximum atomic E-state index is 11.6. The van der Waals surface area contributed by atoms with Crippen molar-refractivity contribution in [2.45, 2.75) is 26.3 Å². The van der Waals surface area contributed by atoms with Crippen LogP contribution in [0.5, 0.6) is 0 Å². The molecule has 0 heterocycles. The van der Waals surface area contributed by atoms with Gasteiger partial charge in [0, 0.05) is 24.5 Å². The normalized spacial score (nSPS) is 11.9. The Kier molecular flexibility index (Phi) is 4.17. The Labute approximate surface area is 96.2 Å². The molecule has 0 saturated heterocycles. The standard InChI is InChI=1S/C12H19N3O/c1-4-8(2)15-11-6-5-9(13)7-10(11)12(16)14-3/h5-8,15H,4,13H2,1-3H3,(H,14,16)/t8-/m1/s1. The Balaban J connectivity index is 3.02. The molecule has 16 heavy (non-hydrogen) atoms. The number of carbonyl (C=O) groups is 1. The third kappa shape index (κ3) is 2.89. The van der Waals surface area contributed by atoms with Crippen LogP contribution in [0, 0.1) is 0 Å². The fourth-order valence-electron chi connectivity index (χ4n) is 1.38. The Morgan fingerprint density at radius 2 is 2.19 bits per heavy atom. The summed E-state index contributed by atoms with van der Waals surface area (Å²) in [6, 6.07) is 5.64. The van der Waals surface area contributed by atoms with Crippen LogP contribution >= 0.6 is 0 Å². The summed E-state index contributed by atoms with van der Waals surface area (Å²) in [4.78, 5) is 11.6. The lowest BCUT2D eigenvalue weighted by atomic mass is 10.1. The van der Waals surface area contributed by atoms with Crippen molar-refractivity contribution in [1.29, 1.82) is 0 Å². The van der Waals surface area contributed by atoms with Gasteiger partial charge in [-0.1, -0.05) is 6.92 Å². The van der Waals surface area contributed by atoms with E-state index in [1.165, 1.54) is 0 Å². The Morgan fingerprint density at radius 3 is 2.75 bits per heavy atom. The zero-order valence-corrected chi connectivity index (χ0v) is 10.0. The first-order valence-corrected chi connectivity index (χ1v) is 5.46. The number of amides is 1. The van der Waals surface area contributed by atoms with Crippen molar-refractivity contribution in [1.82, 2.24) is 5.32 Å². The predicted octanol–water partition coefficient (Wildman–Crippen LogP) is 1.84. The van der Waals surface area contributed by atoms with Gasteiger partial charge in [0.1, 0.15) is 0 Å². The first-order valence-electron chi connectivity index (χ1n) is 5.46. The van der Waals surface area contributed by atoms with Crippen molar-refractivity contribution in [3.63, 3.8) is 0 Å². The molecule has 0 spiro atoms. The maximum Gasteiger partial charge on any atom is 0.253 e. The second-order valence-corrected chi connectivity index (χ2v) is 3.84. The summed E-state index contributed by atoms with van der Waals surface area (Å²) >= 11 is 0. The summed E-state index contributed by atoms with van der Waals surface area (Å²) in [5.41, 5.74) is 7.67. The summed E-state index contributed by atoms with van der Waals surface area (Å²) in [7, 11) is 1.61. The van der Waals surface area contributed by atoms with Gasteiger partial charge in [-0.25, -0.2) is 0 Å². The van der Waals surface area contributed by atoms with Crippen LogP contribution in [0.25, 0.3) is 0 Å². The molecular formula is C12H19N3O. The number of hydrogen-bond acceptors (Lipinski definition) is 3. The molecule has 0 fully saturated rings. The fourth-order valence-corrected chi connectivity index (χ4v) is 1.38. The molecule has 88 valence electrons. The van der Waals surface area contributed by atoms with E-state index in [4.69, 9.17) is 5.73 Å². The lowest BCUT2D eigenvalue weighted by Gasteiger charge is -2.16. The van der Waals surface area contributed by atoms with Crippen LogP contribution < -0.4 is 16.4 Å². The molecule has 0 radical (unpaired) electrons. The Bertz CT molecular complexity index is 377. The second-order valence-electron chi connectivity index (χ2n) is 3.84. The van der Waals surface area contributed by atoms with Gasteiger partial charge in [-0.2, -0.15) is 0 Å². The van der Waals surface area contributed by atoms with Crippen LogP contribution in [0.3, 0.4) is 0 Å². The van der Waals surface area contributed by atoms with Crippen molar-refractivity contribution < 1.29 is 4.79 Å². The van der Waals surface area contributed by atoms with E-state index in [0.717, 1.165) is 12.1 Å². The average Bonchev–Trinajstić information content (AvgIpc) is 2.30. The van der Waals surface area contributed by atoms with Crippen molar-refractivity contribution in [3.8, 4) is 0 Å². The summed E-state index contributed by atoms with van der Waals surface area (Å²) in [5.74, 6) is -0.127. The van der Waals surface area contributed by atoms with E-state index in [1.54, 1.807) is 19.2 Å². The number of hydrogen-bond donors (Lipinski definition) is 3. The fraction of sp³-hybridized carbons (Fsp3) is 0.417. The second kappa shape index (κ2) is 5.39. The van der Waals surface area contributed by atoms with Gasteiger partial charge in [0.25, 0.3) is 5.91 Å². The van der Waals surface area contributed by atoms with E-state index < -0.39 is 0 Å². The smallest absolute Gasteiger partial charge is 0.253 e. The largest absolute Gasteiger partial charge is 0.399 e. The third-order valence-corrected chi connectivity index (χ3v) is 2.53. The van der Waals surface area contributed by atoms with E-state index in [-0.39, 0.29) is 5.91 Å². The highest BCUT2D eigenvalue weighted by atomic mass is 16.1. The summed E-state index contributed by atoms with van der Waals surface area (Å²) < 4.78 is 0. The number of nitrogens with two attached hydrogens (primary N) is 1. The number of rotatable bonds is 4. The van der Waals surface area contributed by atoms with E-state index in [2.05, 4.69) is 24.5 Å². The van der Waals surface area contributed by atoms with Crippen LogP contribution in [0.15, 0.2) is 18.2 Å². The molecule has 0 saturated carbocycles. The Morgan fingerprint density at radius 1 is 1.50 bits per heavy atom. The molecule has 1 amide bonds. The predicted molar refractivity (Wildman–Crippen MR) is 67.6 cm³/mol. The molecule has 0 aliphatic rings. The highest BCUT2D eigenvalue weighted by molar-refractivity contribution is 6.00. The highest BCUT2D eigenvalue weighted by Crippen LogP contribution is 2.20. The van der Waals surface area contributed by atoms with Gasteiger partial charge in [0.05, 0.1) is 5.56 Å². The molecule has 1 rings (SSSR count). The SMILES string of the molecule is CC[C@@H](C)Nc1ccc(N)cc1C(=O)NC. The van der Waals surface area contributed by atoms with Gasteiger partial charge >= 0.3 is 0 Å². The topological polar surface area (TPSA) is 67.1 Å². The molecule has 4 nitrogen and oxygen atoms in total. The molecule has 1 aromatic rings. The van der Waals surface area contributed by atoms with Crippen molar-refractivity contribution in [2.75, 3.05) is 18.1 Å². The van der Waals surface area contributed by atoms with Crippen LogP contribution in [-0.4, -0.2) is 19.0 Å². The summed E-state index contributed by atoms with van der Waals surface area (Å²) in [6.45, 7) is 4.17. The zero-order chi connectivity index (χ0) is 12.1. The van der Waals surface area contributed by atoms with E-state index >= 15 is 0 Å². The minimum atomic E-state index is -0.127. The molecule has 1 aromatic carbocycles. The molecule has 4 heteroatoms. The minimum absolute atomic E-state index is 0.127. The molecule has 0 aliphatic heterocycles. The molecule has 0 aromatic heterocycles. The van der Waals surface area contributed by atoms with Crippen molar-refractivity contribution in [3.05, 3.63) is 23.8 Å². The number of nitrogens with one attached hydrogen (secondary N) is 2. The van der Waals surface area contributed by atoms with E-state index in [9.17, 15) is 4.79 Å². The van der Waals surface area contributed by atoms with Crippen LogP contribution in [0.2, 0.25) is 0 Å². The summed E-state index contributed by atoms with van der Waals surface area (Å²) in [6.07, 6.45) is 0.998. The molecule has 0 bridgehead atoms. The van der Waals surface area contributed by atoms with Crippen molar-refractivity contribution >= 4 is 17.3 Å². The van der Waals surface area contributed by atoms with Crippen LogP contribution in [0.4, 0.5) is 11.4 Å². The molecule has 0 aliphatic carbocycles. The summed E-state index contributed by atoms with van der Waals surface area (Å²) in [5, 5.41) is 5.89. The van der Waals surface area contributed by atoms with E-state index in [0.29, 0.717) is 17.3 Å². The first-order chi connectivity index (χ1) is 7.58. The van der Waals surface area contributed by atoms with Gasteiger partial charge in [-0.15, -0.1) is 0 Å². The van der Waals surface area contributed by atoms with Gasteiger partial charge in [0.2, 0.25) is 0 Å². The van der Waals surface area contributed by atoms with Crippen LogP contribution in [-0.2, 0) is 0 Å².